The van der Waals surface area contributed by atoms with Crippen LogP contribution in [0.25, 0.3) is 33.9 Å². The topological polar surface area (TPSA) is 121 Å². The molecule has 0 bridgehead atoms. The van der Waals surface area contributed by atoms with E-state index >= 15 is 0 Å². The Morgan fingerprint density at radius 3 is 2.64 bits per heavy atom. The van der Waals surface area contributed by atoms with E-state index in [0.717, 1.165) is 0 Å². The lowest BCUT2D eigenvalue weighted by molar-refractivity contribution is -0.116. The van der Waals surface area contributed by atoms with E-state index in [-0.39, 0.29) is 12.4 Å². The Morgan fingerprint density at radius 2 is 1.86 bits per heavy atom. The Hall–Kier alpha value is -4.99. The molecule has 36 heavy (non-hydrogen) atoms. The second-order valence-electron chi connectivity index (χ2n) is 7.75. The van der Waals surface area contributed by atoms with Crippen LogP contribution in [0.5, 0.6) is 11.5 Å². The molecule has 0 radical (unpaired) electrons. The first-order valence-corrected chi connectivity index (χ1v) is 11.0. The van der Waals surface area contributed by atoms with Crippen LogP contribution < -0.4 is 20.3 Å². The summed E-state index contributed by atoms with van der Waals surface area (Å²) >= 11 is 0. The minimum atomic E-state index is -0.406. The average Bonchev–Trinajstić information content (AvgIpc) is 3.41. The van der Waals surface area contributed by atoms with Crippen molar-refractivity contribution in [1.82, 2.24) is 19.7 Å². The summed E-state index contributed by atoms with van der Waals surface area (Å²) in [5.74, 6) is 1.11. The van der Waals surface area contributed by atoms with Gasteiger partial charge in [-0.3, -0.25) is 19.1 Å². The summed E-state index contributed by atoms with van der Waals surface area (Å²) in [6.07, 6.45) is 1.63. The van der Waals surface area contributed by atoms with E-state index in [1.807, 2.05) is 18.2 Å². The van der Waals surface area contributed by atoms with E-state index < -0.39 is 11.5 Å². The lowest BCUT2D eigenvalue weighted by Crippen LogP contribution is -2.28. The first-order chi connectivity index (χ1) is 17.6. The number of benzene rings is 2. The maximum atomic E-state index is 13.2. The molecular formula is C26H21N5O5. The van der Waals surface area contributed by atoms with Gasteiger partial charge in [0.05, 0.1) is 31.0 Å². The predicted octanol–water partition coefficient (Wildman–Crippen LogP) is 3.77. The number of methoxy groups -OCH3 is 2. The van der Waals surface area contributed by atoms with E-state index in [1.165, 1.54) is 24.9 Å². The Bertz CT molecular complexity index is 1610. The molecule has 0 aliphatic heterocycles. The summed E-state index contributed by atoms with van der Waals surface area (Å²) in [4.78, 5) is 34.8. The van der Waals surface area contributed by atoms with Gasteiger partial charge in [0.25, 0.3) is 11.4 Å². The van der Waals surface area contributed by atoms with Crippen molar-refractivity contribution in [3.05, 3.63) is 83.3 Å². The number of ether oxygens (including phenoxy) is 2. The van der Waals surface area contributed by atoms with Gasteiger partial charge >= 0.3 is 0 Å². The summed E-state index contributed by atoms with van der Waals surface area (Å²) in [6, 6.07) is 19.0. The van der Waals surface area contributed by atoms with E-state index in [9.17, 15) is 9.59 Å². The molecule has 0 atom stereocenters. The normalized spacial score (nSPS) is 10.8. The number of fused-ring (bicyclic) bond motifs is 1. The smallest absolute Gasteiger partial charge is 0.259 e. The van der Waals surface area contributed by atoms with E-state index in [1.54, 1.807) is 48.7 Å². The SMILES string of the molecule is COc1ccc(OC)c(NC(=O)Cn2c(=O)cc(-c3nc(-c4ccccn4)no3)c3ccccc32)c1. The molecular weight excluding hydrogens is 462 g/mol. The van der Waals surface area contributed by atoms with Gasteiger partial charge in [0, 0.05) is 23.7 Å². The molecule has 2 aromatic carbocycles. The van der Waals surface area contributed by atoms with E-state index in [4.69, 9.17) is 14.0 Å². The molecule has 180 valence electrons. The number of rotatable bonds is 7. The Balaban J connectivity index is 1.49. The number of hydrogen-bond acceptors (Lipinski definition) is 8. The van der Waals surface area contributed by atoms with Crippen molar-refractivity contribution < 1.29 is 18.8 Å². The number of nitrogens with zero attached hydrogens (tertiary/aromatic N) is 4. The van der Waals surface area contributed by atoms with Crippen molar-refractivity contribution in [3.8, 4) is 34.5 Å². The molecule has 0 unspecified atom stereocenters. The maximum Gasteiger partial charge on any atom is 0.259 e. The number of carbonyl (C=O) groups is 1. The number of nitrogens with one attached hydrogen (secondary N) is 1. The van der Waals surface area contributed by atoms with Crippen LogP contribution >= 0.6 is 0 Å². The zero-order valence-corrected chi connectivity index (χ0v) is 19.5. The molecule has 1 N–H and O–H groups in total. The van der Waals surface area contributed by atoms with Gasteiger partial charge in [-0.25, -0.2) is 0 Å². The highest BCUT2D eigenvalue weighted by Gasteiger charge is 2.18. The third-order valence-corrected chi connectivity index (χ3v) is 5.55. The van der Waals surface area contributed by atoms with Crippen LogP contribution in [-0.4, -0.2) is 39.8 Å². The lowest BCUT2D eigenvalue weighted by Gasteiger charge is -2.14. The molecule has 5 aromatic rings. The van der Waals surface area contributed by atoms with Crippen molar-refractivity contribution in [2.75, 3.05) is 19.5 Å². The van der Waals surface area contributed by atoms with Crippen molar-refractivity contribution >= 4 is 22.5 Å². The van der Waals surface area contributed by atoms with Gasteiger partial charge in [0.1, 0.15) is 23.7 Å². The molecule has 3 aromatic heterocycles. The van der Waals surface area contributed by atoms with Crippen LogP contribution in [0.2, 0.25) is 0 Å². The number of para-hydroxylation sites is 1. The lowest BCUT2D eigenvalue weighted by atomic mass is 10.1. The number of hydrogen-bond donors (Lipinski definition) is 1. The molecule has 0 saturated carbocycles. The van der Waals surface area contributed by atoms with Gasteiger partial charge in [-0.05, 0) is 30.3 Å². The zero-order chi connectivity index (χ0) is 25.1. The standard InChI is InChI=1S/C26H21N5O5/c1-34-16-10-11-22(35-2)20(13-16)28-23(32)15-31-21-9-4-3-7-17(21)18(14-24(31)33)26-29-25(30-36-26)19-8-5-6-12-27-19/h3-14H,15H2,1-2H3,(H,28,32). The Kier molecular flexibility index (Phi) is 6.14. The van der Waals surface area contributed by atoms with E-state index in [0.29, 0.717) is 45.2 Å². The molecule has 0 saturated heterocycles. The van der Waals surface area contributed by atoms with Gasteiger partial charge in [-0.15, -0.1) is 0 Å². The fraction of sp³-hybridized carbons (Fsp3) is 0.115. The monoisotopic (exact) mass is 483 g/mol. The summed E-state index contributed by atoms with van der Waals surface area (Å²) in [5, 5.41) is 7.48. The molecule has 0 aliphatic carbocycles. The number of carbonyl (C=O) groups excluding carboxylic acids is 1. The maximum absolute atomic E-state index is 13.2. The minimum absolute atomic E-state index is 0.182. The van der Waals surface area contributed by atoms with Gasteiger partial charge in [0.15, 0.2) is 0 Å². The fourth-order valence-corrected chi connectivity index (χ4v) is 3.85. The third-order valence-electron chi connectivity index (χ3n) is 5.55. The first kappa shape index (κ1) is 22.8. The molecule has 0 fully saturated rings. The van der Waals surface area contributed by atoms with Gasteiger partial charge in [-0.1, -0.05) is 29.4 Å². The van der Waals surface area contributed by atoms with Gasteiger partial charge in [0.2, 0.25) is 11.7 Å². The minimum Gasteiger partial charge on any atom is -0.497 e. The fourth-order valence-electron chi connectivity index (χ4n) is 3.85. The van der Waals surface area contributed by atoms with Gasteiger partial charge < -0.3 is 19.3 Å². The number of anilines is 1. The zero-order valence-electron chi connectivity index (χ0n) is 19.5. The second-order valence-corrected chi connectivity index (χ2v) is 7.75. The summed E-state index contributed by atoms with van der Waals surface area (Å²) in [5.41, 5.74) is 1.61. The number of amides is 1. The van der Waals surface area contributed by atoms with Crippen LogP contribution in [0.15, 0.2) is 82.2 Å². The molecule has 10 heteroatoms. The Morgan fingerprint density at radius 1 is 1.03 bits per heavy atom. The van der Waals surface area contributed by atoms with Crippen molar-refractivity contribution in [1.29, 1.82) is 0 Å². The molecule has 1 amide bonds. The highest BCUT2D eigenvalue weighted by atomic mass is 16.5. The average molecular weight is 483 g/mol. The predicted molar refractivity (Wildman–Crippen MR) is 133 cm³/mol. The van der Waals surface area contributed by atoms with Crippen LogP contribution in [-0.2, 0) is 11.3 Å². The summed E-state index contributed by atoms with van der Waals surface area (Å²) in [6.45, 7) is -0.219. The molecule has 3 heterocycles. The number of pyridine rings is 2. The molecule has 0 aliphatic rings. The van der Waals surface area contributed by atoms with Crippen LogP contribution in [0.4, 0.5) is 5.69 Å². The molecule has 0 spiro atoms. The third kappa shape index (κ3) is 4.39. The quantitative estimate of drug-likeness (QED) is 0.371. The van der Waals surface area contributed by atoms with Crippen LogP contribution in [0.3, 0.4) is 0 Å². The largest absolute Gasteiger partial charge is 0.497 e. The highest BCUT2D eigenvalue weighted by molar-refractivity contribution is 5.96. The van der Waals surface area contributed by atoms with Gasteiger partial charge in [-0.2, -0.15) is 4.98 Å². The van der Waals surface area contributed by atoms with Crippen molar-refractivity contribution in [2.24, 2.45) is 0 Å². The molecule has 10 nitrogen and oxygen atoms in total. The first-order valence-electron chi connectivity index (χ1n) is 11.0. The summed E-state index contributed by atoms with van der Waals surface area (Å²) < 4.78 is 17.4. The van der Waals surface area contributed by atoms with E-state index in [2.05, 4.69) is 20.4 Å². The van der Waals surface area contributed by atoms with Crippen molar-refractivity contribution in [2.45, 2.75) is 6.54 Å². The summed E-state index contributed by atoms with van der Waals surface area (Å²) in [7, 11) is 3.04. The highest BCUT2D eigenvalue weighted by Crippen LogP contribution is 2.30. The Labute approximate surface area is 205 Å². The van der Waals surface area contributed by atoms with Crippen LogP contribution in [0, 0.1) is 0 Å². The molecule has 5 rings (SSSR count). The van der Waals surface area contributed by atoms with Crippen LogP contribution in [0.1, 0.15) is 0 Å². The second kappa shape index (κ2) is 9.71. The number of aromatic nitrogens is 4. The van der Waals surface area contributed by atoms with Crippen molar-refractivity contribution in [3.63, 3.8) is 0 Å².